The number of hydrogen-bond acceptors (Lipinski definition) is 7. The number of anilines is 1. The van der Waals surface area contributed by atoms with Gasteiger partial charge in [0.05, 0.1) is 12.8 Å². The first kappa shape index (κ1) is 19.4. The van der Waals surface area contributed by atoms with Crippen LogP contribution in [0.5, 0.6) is 0 Å². The van der Waals surface area contributed by atoms with E-state index in [4.69, 9.17) is 4.42 Å². The lowest BCUT2D eigenvalue weighted by Gasteiger charge is -2.24. The SMILES string of the molecule is CCN(CC)C(=O)C(Sc1nnc(NCc2ccco2)s1)c1ccccc1. The summed E-state index contributed by atoms with van der Waals surface area (Å²) in [6.45, 7) is 5.91. The van der Waals surface area contributed by atoms with Crippen LogP contribution < -0.4 is 5.32 Å². The number of benzene rings is 1. The lowest BCUT2D eigenvalue weighted by atomic mass is 10.1. The molecule has 0 saturated heterocycles. The number of nitrogens with one attached hydrogen (secondary N) is 1. The van der Waals surface area contributed by atoms with E-state index in [0.717, 1.165) is 15.7 Å². The Bertz CT molecular complexity index is 833. The van der Waals surface area contributed by atoms with E-state index in [2.05, 4.69) is 15.5 Å². The monoisotopic (exact) mass is 402 g/mol. The molecule has 0 radical (unpaired) electrons. The molecule has 6 nitrogen and oxygen atoms in total. The highest BCUT2D eigenvalue weighted by Gasteiger charge is 2.27. The van der Waals surface area contributed by atoms with Crippen LogP contribution in [0.1, 0.15) is 30.4 Å². The van der Waals surface area contributed by atoms with Gasteiger partial charge in [0, 0.05) is 13.1 Å². The highest BCUT2D eigenvalue weighted by molar-refractivity contribution is 8.01. The second-order valence-electron chi connectivity index (χ2n) is 5.73. The van der Waals surface area contributed by atoms with Crippen molar-refractivity contribution in [2.75, 3.05) is 18.4 Å². The van der Waals surface area contributed by atoms with Gasteiger partial charge in [-0.3, -0.25) is 4.79 Å². The number of hydrogen-bond donors (Lipinski definition) is 1. The number of thioether (sulfide) groups is 1. The number of nitrogens with zero attached hydrogens (tertiary/aromatic N) is 3. The van der Waals surface area contributed by atoms with Crippen LogP contribution in [0.15, 0.2) is 57.5 Å². The van der Waals surface area contributed by atoms with Crippen LogP contribution in [0, 0.1) is 0 Å². The molecule has 1 aromatic carbocycles. The summed E-state index contributed by atoms with van der Waals surface area (Å²) >= 11 is 2.88. The number of amides is 1. The van der Waals surface area contributed by atoms with Gasteiger partial charge in [-0.15, -0.1) is 10.2 Å². The minimum atomic E-state index is -0.336. The van der Waals surface area contributed by atoms with Gasteiger partial charge in [-0.2, -0.15) is 0 Å². The van der Waals surface area contributed by atoms with E-state index in [0.29, 0.717) is 24.8 Å². The quantitative estimate of drug-likeness (QED) is 0.533. The molecule has 1 amide bonds. The van der Waals surface area contributed by atoms with Crippen LogP contribution in [0.2, 0.25) is 0 Å². The van der Waals surface area contributed by atoms with E-state index in [1.165, 1.54) is 23.1 Å². The summed E-state index contributed by atoms with van der Waals surface area (Å²) in [6.07, 6.45) is 1.64. The van der Waals surface area contributed by atoms with E-state index in [-0.39, 0.29) is 11.2 Å². The molecule has 0 aliphatic heterocycles. The molecule has 0 bridgehead atoms. The normalized spacial score (nSPS) is 11.9. The number of furan rings is 1. The zero-order valence-electron chi connectivity index (χ0n) is 15.3. The smallest absolute Gasteiger partial charge is 0.240 e. The standard InChI is InChI=1S/C19H22N4O2S2/c1-3-23(4-2)17(24)16(14-9-6-5-7-10-14)26-19-22-21-18(27-19)20-13-15-11-8-12-25-15/h5-12,16H,3-4,13H2,1-2H3,(H,20,21). The molecule has 0 saturated carbocycles. The van der Waals surface area contributed by atoms with Crippen LogP contribution in [0.4, 0.5) is 5.13 Å². The van der Waals surface area contributed by atoms with E-state index in [1.54, 1.807) is 6.26 Å². The number of carbonyl (C=O) groups is 1. The van der Waals surface area contributed by atoms with Crippen molar-refractivity contribution in [3.05, 3.63) is 60.1 Å². The average molecular weight is 403 g/mol. The van der Waals surface area contributed by atoms with Crippen molar-refractivity contribution in [2.45, 2.75) is 30.0 Å². The Balaban J connectivity index is 1.73. The average Bonchev–Trinajstić information content (AvgIpc) is 3.38. The molecule has 2 aromatic heterocycles. The lowest BCUT2D eigenvalue weighted by molar-refractivity contribution is -0.130. The molecule has 27 heavy (non-hydrogen) atoms. The van der Waals surface area contributed by atoms with Gasteiger partial charge in [0.25, 0.3) is 0 Å². The van der Waals surface area contributed by atoms with Crippen molar-refractivity contribution >= 4 is 34.1 Å². The fraction of sp³-hybridized carbons (Fsp3) is 0.316. The molecule has 0 spiro atoms. The summed E-state index contributed by atoms with van der Waals surface area (Å²) in [5.74, 6) is 0.926. The Morgan fingerprint density at radius 1 is 1.19 bits per heavy atom. The van der Waals surface area contributed by atoms with E-state index >= 15 is 0 Å². The van der Waals surface area contributed by atoms with E-state index in [9.17, 15) is 4.79 Å². The largest absolute Gasteiger partial charge is 0.467 e. The van der Waals surface area contributed by atoms with E-state index < -0.39 is 0 Å². The third-order valence-electron chi connectivity index (χ3n) is 4.02. The molecule has 0 aliphatic carbocycles. The topological polar surface area (TPSA) is 71.3 Å². The second kappa shape index (κ2) is 9.57. The first-order valence-corrected chi connectivity index (χ1v) is 10.5. The predicted molar refractivity (Wildman–Crippen MR) is 109 cm³/mol. The first-order valence-electron chi connectivity index (χ1n) is 8.81. The molecule has 0 aliphatic rings. The Morgan fingerprint density at radius 3 is 2.63 bits per heavy atom. The van der Waals surface area contributed by atoms with Crippen LogP contribution in [0.25, 0.3) is 0 Å². The van der Waals surface area contributed by atoms with Gasteiger partial charge >= 0.3 is 0 Å². The molecular weight excluding hydrogens is 380 g/mol. The summed E-state index contributed by atoms with van der Waals surface area (Å²) in [7, 11) is 0. The Kier molecular flexibility index (Phi) is 6.89. The Hall–Kier alpha value is -2.32. The molecule has 1 N–H and O–H groups in total. The van der Waals surface area contributed by atoms with Crippen LogP contribution in [0.3, 0.4) is 0 Å². The van der Waals surface area contributed by atoms with Crippen molar-refractivity contribution in [1.29, 1.82) is 0 Å². The maximum Gasteiger partial charge on any atom is 0.240 e. The zero-order chi connectivity index (χ0) is 19.1. The van der Waals surface area contributed by atoms with Gasteiger partial charge in [0.15, 0.2) is 4.34 Å². The maximum absolute atomic E-state index is 13.0. The number of aromatic nitrogens is 2. The van der Waals surface area contributed by atoms with Gasteiger partial charge < -0.3 is 14.6 Å². The molecule has 142 valence electrons. The fourth-order valence-electron chi connectivity index (χ4n) is 2.60. The highest BCUT2D eigenvalue weighted by atomic mass is 32.2. The second-order valence-corrected chi connectivity index (χ2v) is 8.05. The van der Waals surface area contributed by atoms with Gasteiger partial charge in [0.2, 0.25) is 11.0 Å². The first-order chi connectivity index (χ1) is 13.2. The molecule has 8 heteroatoms. The van der Waals surface area contributed by atoms with E-state index in [1.807, 2.05) is 61.2 Å². The van der Waals surface area contributed by atoms with Crippen molar-refractivity contribution < 1.29 is 9.21 Å². The molecule has 2 heterocycles. The van der Waals surface area contributed by atoms with Gasteiger partial charge in [-0.25, -0.2) is 0 Å². The third-order valence-corrected chi connectivity index (χ3v) is 6.23. The zero-order valence-corrected chi connectivity index (χ0v) is 16.9. The lowest BCUT2D eigenvalue weighted by Crippen LogP contribution is -2.33. The van der Waals surface area contributed by atoms with Crippen molar-refractivity contribution in [1.82, 2.24) is 15.1 Å². The van der Waals surface area contributed by atoms with Crippen molar-refractivity contribution in [2.24, 2.45) is 0 Å². The molecule has 1 unspecified atom stereocenters. The van der Waals surface area contributed by atoms with Crippen molar-refractivity contribution in [3.63, 3.8) is 0 Å². The Morgan fingerprint density at radius 2 is 1.96 bits per heavy atom. The molecule has 0 fully saturated rings. The summed E-state index contributed by atoms with van der Waals surface area (Å²) in [4.78, 5) is 14.9. The van der Waals surface area contributed by atoms with Crippen molar-refractivity contribution in [3.8, 4) is 0 Å². The molecular formula is C19H22N4O2S2. The number of likely N-dealkylation sites (N-methyl/N-ethyl adjacent to an activating group) is 1. The summed E-state index contributed by atoms with van der Waals surface area (Å²) in [5, 5.41) is 12.0. The van der Waals surface area contributed by atoms with Crippen LogP contribution >= 0.6 is 23.1 Å². The maximum atomic E-state index is 13.0. The molecule has 3 rings (SSSR count). The Labute approximate surface area is 167 Å². The summed E-state index contributed by atoms with van der Waals surface area (Å²) in [5.41, 5.74) is 0.972. The highest BCUT2D eigenvalue weighted by Crippen LogP contribution is 2.39. The van der Waals surface area contributed by atoms with Crippen LogP contribution in [-0.4, -0.2) is 34.1 Å². The van der Waals surface area contributed by atoms with Crippen LogP contribution in [-0.2, 0) is 11.3 Å². The summed E-state index contributed by atoms with van der Waals surface area (Å²) in [6, 6.07) is 13.6. The fourth-order valence-corrected chi connectivity index (χ4v) is 4.62. The number of carbonyl (C=O) groups excluding carboxylic acids is 1. The minimum absolute atomic E-state index is 0.0940. The summed E-state index contributed by atoms with van der Waals surface area (Å²) < 4.78 is 6.06. The van der Waals surface area contributed by atoms with Gasteiger partial charge in [0.1, 0.15) is 11.0 Å². The molecule has 3 aromatic rings. The minimum Gasteiger partial charge on any atom is -0.467 e. The third kappa shape index (κ3) is 5.11. The number of rotatable bonds is 9. The molecule has 1 atom stereocenters. The van der Waals surface area contributed by atoms with Gasteiger partial charge in [-0.1, -0.05) is 53.4 Å². The predicted octanol–water partition coefficient (Wildman–Crippen LogP) is 4.45. The van der Waals surface area contributed by atoms with Gasteiger partial charge in [-0.05, 0) is 31.5 Å².